The fourth-order valence-electron chi connectivity index (χ4n) is 2.35. The molecule has 0 unspecified atom stereocenters. The van der Waals surface area contributed by atoms with E-state index in [-0.39, 0.29) is 22.0 Å². The van der Waals surface area contributed by atoms with Crippen LogP contribution in [0.2, 0.25) is 0 Å². The molecule has 2 aromatic carbocycles. The largest absolute Gasteiger partial charge is 0.432 e. The maximum Gasteiger partial charge on any atom is 0.432 e. The number of fused-ring (bicyclic) bond motifs is 1. The van der Waals surface area contributed by atoms with E-state index in [2.05, 4.69) is 4.98 Å². The molecule has 0 aliphatic heterocycles. The second-order valence-corrected chi connectivity index (χ2v) is 6.00. The van der Waals surface area contributed by atoms with Gasteiger partial charge in [0, 0.05) is 14.5 Å². The van der Waals surface area contributed by atoms with Gasteiger partial charge in [0.15, 0.2) is 5.43 Å². The quantitative estimate of drug-likeness (QED) is 0.569. The fourth-order valence-corrected chi connectivity index (χ4v) is 2.84. The number of benzene rings is 2. The van der Waals surface area contributed by atoms with Gasteiger partial charge in [-0.05, 0) is 46.4 Å². The van der Waals surface area contributed by atoms with Gasteiger partial charge in [-0.1, -0.05) is 30.3 Å². The van der Waals surface area contributed by atoms with E-state index in [0.29, 0.717) is 0 Å². The van der Waals surface area contributed by atoms with Gasteiger partial charge >= 0.3 is 6.18 Å². The van der Waals surface area contributed by atoms with Crippen molar-refractivity contribution in [2.75, 3.05) is 0 Å². The summed E-state index contributed by atoms with van der Waals surface area (Å²) in [6.07, 6.45) is -4.64. The molecule has 0 spiro atoms. The van der Waals surface area contributed by atoms with Crippen LogP contribution in [-0.4, -0.2) is 4.98 Å². The first-order valence-electron chi connectivity index (χ1n) is 6.36. The van der Waals surface area contributed by atoms with Crippen LogP contribution in [0, 0.1) is 3.57 Å². The van der Waals surface area contributed by atoms with Crippen molar-refractivity contribution in [1.29, 1.82) is 0 Å². The lowest BCUT2D eigenvalue weighted by Crippen LogP contribution is -2.18. The highest BCUT2D eigenvalue weighted by atomic mass is 127. The first-order valence-corrected chi connectivity index (χ1v) is 7.44. The smallest absolute Gasteiger partial charge is 0.350 e. The molecule has 0 radical (unpaired) electrons. The van der Waals surface area contributed by atoms with E-state index in [4.69, 9.17) is 0 Å². The Morgan fingerprint density at radius 3 is 2.32 bits per heavy atom. The van der Waals surface area contributed by atoms with Crippen LogP contribution in [0.1, 0.15) is 5.69 Å². The lowest BCUT2D eigenvalue weighted by molar-refractivity contribution is -0.140. The van der Waals surface area contributed by atoms with Crippen LogP contribution in [0.5, 0.6) is 0 Å². The van der Waals surface area contributed by atoms with Crippen molar-refractivity contribution in [3.63, 3.8) is 0 Å². The van der Waals surface area contributed by atoms with Gasteiger partial charge in [0.2, 0.25) is 0 Å². The summed E-state index contributed by atoms with van der Waals surface area (Å²) in [5.74, 6) is 0. The third-order valence-corrected chi connectivity index (χ3v) is 3.98. The van der Waals surface area contributed by atoms with Crippen LogP contribution in [0.4, 0.5) is 13.2 Å². The number of halogens is 4. The summed E-state index contributed by atoms with van der Waals surface area (Å²) in [7, 11) is 0. The molecule has 1 aromatic heterocycles. The van der Waals surface area contributed by atoms with Crippen molar-refractivity contribution >= 4 is 33.5 Å². The summed E-state index contributed by atoms with van der Waals surface area (Å²) in [5.41, 5.74) is -1.56. The van der Waals surface area contributed by atoms with Crippen LogP contribution in [-0.2, 0) is 6.18 Å². The van der Waals surface area contributed by atoms with E-state index in [1.807, 2.05) is 22.6 Å². The minimum atomic E-state index is -4.64. The van der Waals surface area contributed by atoms with E-state index in [0.717, 1.165) is 3.57 Å². The average molecular weight is 415 g/mol. The monoisotopic (exact) mass is 415 g/mol. The minimum absolute atomic E-state index is 0.178. The molecule has 3 aromatic rings. The van der Waals surface area contributed by atoms with Crippen molar-refractivity contribution in [3.8, 4) is 11.1 Å². The Morgan fingerprint density at radius 2 is 1.68 bits per heavy atom. The normalized spacial score (nSPS) is 11.8. The summed E-state index contributed by atoms with van der Waals surface area (Å²) in [6, 6.07) is 12.6. The predicted molar refractivity (Wildman–Crippen MR) is 87.7 cm³/mol. The molecular formula is C16H9F3INO. The molecule has 2 nitrogen and oxygen atoms in total. The Morgan fingerprint density at radius 1 is 1.00 bits per heavy atom. The van der Waals surface area contributed by atoms with Gasteiger partial charge in [0.25, 0.3) is 0 Å². The molecular weight excluding hydrogens is 406 g/mol. The van der Waals surface area contributed by atoms with Crippen molar-refractivity contribution in [2.24, 2.45) is 0 Å². The summed E-state index contributed by atoms with van der Waals surface area (Å²) >= 11 is 2.02. The number of alkyl halides is 3. The molecule has 0 aliphatic carbocycles. The third-order valence-electron chi connectivity index (χ3n) is 3.31. The van der Waals surface area contributed by atoms with Gasteiger partial charge in [0.05, 0.1) is 5.56 Å². The Kier molecular flexibility index (Phi) is 3.72. The van der Waals surface area contributed by atoms with Crippen molar-refractivity contribution < 1.29 is 13.2 Å². The van der Waals surface area contributed by atoms with Gasteiger partial charge in [0.1, 0.15) is 5.69 Å². The number of aromatic nitrogens is 1. The molecule has 3 rings (SSSR count). The lowest BCUT2D eigenvalue weighted by Gasteiger charge is -2.14. The van der Waals surface area contributed by atoms with Crippen LogP contribution in [0.25, 0.3) is 22.0 Å². The van der Waals surface area contributed by atoms with E-state index < -0.39 is 17.3 Å². The molecule has 0 saturated heterocycles. The third kappa shape index (κ3) is 2.63. The summed E-state index contributed by atoms with van der Waals surface area (Å²) in [5, 5.41) is 0.249. The molecule has 0 atom stereocenters. The summed E-state index contributed by atoms with van der Waals surface area (Å²) in [6.45, 7) is 0. The first-order chi connectivity index (χ1) is 10.4. The van der Waals surface area contributed by atoms with Crippen LogP contribution in [0.15, 0.2) is 53.3 Å². The summed E-state index contributed by atoms with van der Waals surface area (Å²) < 4.78 is 40.8. The number of hydrogen-bond acceptors (Lipinski definition) is 1. The Labute approximate surface area is 137 Å². The minimum Gasteiger partial charge on any atom is -0.350 e. The standard InChI is InChI=1S/C16H9F3INO/c17-16(18,19)15-13(9-4-2-1-3-5-9)14(22)11-8-10(20)6-7-12(11)21-15/h1-8H,(H,21,22). The van der Waals surface area contributed by atoms with Crippen molar-refractivity contribution in [2.45, 2.75) is 6.18 Å². The maximum absolute atomic E-state index is 13.3. The van der Waals surface area contributed by atoms with Crippen molar-refractivity contribution in [1.82, 2.24) is 4.98 Å². The lowest BCUT2D eigenvalue weighted by atomic mass is 10.0. The predicted octanol–water partition coefficient (Wildman–Crippen LogP) is 4.82. The molecule has 112 valence electrons. The molecule has 0 amide bonds. The van der Waals surface area contributed by atoms with Crippen LogP contribution in [0.3, 0.4) is 0 Å². The number of hydrogen-bond donors (Lipinski definition) is 1. The molecule has 1 heterocycles. The highest BCUT2D eigenvalue weighted by Gasteiger charge is 2.36. The van der Waals surface area contributed by atoms with Crippen LogP contribution >= 0.6 is 22.6 Å². The molecule has 0 fully saturated rings. The Balaban J connectivity index is 2.47. The second-order valence-electron chi connectivity index (χ2n) is 4.76. The van der Waals surface area contributed by atoms with Gasteiger partial charge in [-0.25, -0.2) is 0 Å². The average Bonchev–Trinajstić information content (AvgIpc) is 2.47. The first kappa shape index (κ1) is 15.1. The zero-order valence-electron chi connectivity index (χ0n) is 11.0. The highest BCUT2D eigenvalue weighted by Crippen LogP contribution is 2.35. The Hall–Kier alpha value is -1.83. The molecule has 6 heteroatoms. The number of H-pyrrole nitrogens is 1. The number of rotatable bonds is 1. The van der Waals surface area contributed by atoms with Gasteiger partial charge < -0.3 is 4.98 Å². The molecule has 0 aliphatic rings. The summed E-state index contributed by atoms with van der Waals surface area (Å²) in [4.78, 5) is 15.0. The number of aromatic amines is 1. The zero-order valence-corrected chi connectivity index (χ0v) is 13.2. The van der Waals surface area contributed by atoms with E-state index in [1.54, 1.807) is 30.3 Å². The molecule has 0 bridgehead atoms. The zero-order chi connectivity index (χ0) is 15.9. The molecule has 1 N–H and O–H groups in total. The van der Waals surface area contributed by atoms with Crippen LogP contribution < -0.4 is 5.43 Å². The van der Waals surface area contributed by atoms with E-state index >= 15 is 0 Å². The number of nitrogens with one attached hydrogen (secondary N) is 1. The molecule has 0 saturated carbocycles. The topological polar surface area (TPSA) is 32.9 Å². The van der Waals surface area contributed by atoms with Crippen molar-refractivity contribution in [3.05, 3.63) is 68.0 Å². The number of pyridine rings is 1. The Bertz CT molecular complexity index is 901. The van der Waals surface area contributed by atoms with E-state index in [1.165, 1.54) is 18.2 Å². The highest BCUT2D eigenvalue weighted by molar-refractivity contribution is 14.1. The molecule has 22 heavy (non-hydrogen) atoms. The van der Waals surface area contributed by atoms with Gasteiger partial charge in [-0.2, -0.15) is 13.2 Å². The van der Waals surface area contributed by atoms with Gasteiger partial charge in [-0.3, -0.25) is 4.79 Å². The van der Waals surface area contributed by atoms with E-state index in [9.17, 15) is 18.0 Å². The van der Waals surface area contributed by atoms with Gasteiger partial charge in [-0.15, -0.1) is 0 Å². The SMILES string of the molecule is O=c1c(-c2ccccc2)c(C(F)(F)F)[nH]c2ccc(I)cc12. The maximum atomic E-state index is 13.3. The second kappa shape index (κ2) is 5.42. The fraction of sp³-hybridized carbons (Fsp3) is 0.0625.